The third-order valence-electron chi connectivity index (χ3n) is 3.94. The first-order valence-electron chi connectivity index (χ1n) is 7.40. The van der Waals surface area contributed by atoms with Crippen LogP contribution in [0.5, 0.6) is 0 Å². The van der Waals surface area contributed by atoms with Crippen molar-refractivity contribution >= 4 is 34.2 Å². The minimum atomic E-state index is 0. The largest absolute Gasteiger partial charge is 0.332 e. The van der Waals surface area contributed by atoms with Gasteiger partial charge >= 0.3 is 0 Å². The molecule has 1 fully saturated rings. The highest BCUT2D eigenvalue weighted by molar-refractivity contribution is 9.10. The molecule has 0 bridgehead atoms. The van der Waals surface area contributed by atoms with Gasteiger partial charge in [0.2, 0.25) is 0 Å². The molecule has 1 aliphatic heterocycles. The predicted octanol–water partition coefficient (Wildman–Crippen LogP) is 2.80. The maximum atomic E-state index is 12.7. The van der Waals surface area contributed by atoms with Gasteiger partial charge in [0.05, 0.1) is 5.69 Å². The number of hydrogen-bond donors (Lipinski definition) is 1. The molecule has 0 spiro atoms. The van der Waals surface area contributed by atoms with Crippen molar-refractivity contribution in [2.45, 2.75) is 19.9 Å². The van der Waals surface area contributed by atoms with Crippen molar-refractivity contribution in [1.82, 2.24) is 20.0 Å². The zero-order valence-corrected chi connectivity index (χ0v) is 15.5. The van der Waals surface area contributed by atoms with Gasteiger partial charge < -0.3 is 10.2 Å². The first-order valence-corrected chi connectivity index (χ1v) is 8.20. The van der Waals surface area contributed by atoms with Crippen LogP contribution in [0.25, 0.3) is 5.69 Å². The summed E-state index contributed by atoms with van der Waals surface area (Å²) >= 11 is 3.43. The second-order valence-corrected chi connectivity index (χ2v) is 6.53. The van der Waals surface area contributed by atoms with Crippen molar-refractivity contribution in [3.63, 3.8) is 0 Å². The molecule has 5 nitrogen and oxygen atoms in total. The zero-order valence-electron chi connectivity index (χ0n) is 13.1. The Hall–Kier alpha value is -1.37. The van der Waals surface area contributed by atoms with Gasteiger partial charge in [0.15, 0.2) is 5.69 Å². The molecule has 2 aromatic rings. The van der Waals surface area contributed by atoms with Gasteiger partial charge in [-0.25, -0.2) is 4.68 Å². The molecule has 2 heterocycles. The fourth-order valence-corrected chi connectivity index (χ4v) is 2.98. The molecule has 124 valence electrons. The Morgan fingerprint density at radius 2 is 2.04 bits per heavy atom. The zero-order chi connectivity index (χ0) is 15.7. The predicted molar refractivity (Wildman–Crippen MR) is 96.6 cm³/mol. The highest BCUT2D eigenvalue weighted by Gasteiger charge is 2.26. The first kappa shape index (κ1) is 18.0. The van der Waals surface area contributed by atoms with Gasteiger partial charge in [0, 0.05) is 35.8 Å². The fourth-order valence-electron chi connectivity index (χ4n) is 2.71. The summed E-state index contributed by atoms with van der Waals surface area (Å²) in [5.74, 6) is 0.00737. The maximum absolute atomic E-state index is 12.7. The monoisotopic (exact) mass is 398 g/mol. The number of rotatable bonds is 2. The van der Waals surface area contributed by atoms with Crippen LogP contribution in [0.3, 0.4) is 0 Å². The van der Waals surface area contributed by atoms with E-state index < -0.39 is 0 Å². The number of aryl methyl sites for hydroxylation is 1. The highest BCUT2D eigenvalue weighted by Crippen LogP contribution is 2.17. The van der Waals surface area contributed by atoms with E-state index in [0.29, 0.717) is 5.69 Å². The number of amides is 1. The lowest BCUT2D eigenvalue weighted by Crippen LogP contribution is -2.52. The minimum Gasteiger partial charge on any atom is -0.332 e. The lowest BCUT2D eigenvalue weighted by molar-refractivity contribution is 0.0649. The van der Waals surface area contributed by atoms with Crippen LogP contribution in [-0.2, 0) is 0 Å². The maximum Gasteiger partial charge on any atom is 0.274 e. The Balaban J connectivity index is 0.00000192. The van der Waals surface area contributed by atoms with Gasteiger partial charge in [-0.05, 0) is 44.2 Å². The number of nitrogens with one attached hydrogen (secondary N) is 1. The van der Waals surface area contributed by atoms with Gasteiger partial charge in [-0.1, -0.05) is 15.9 Å². The lowest BCUT2D eigenvalue weighted by atomic mass is 10.2. The van der Waals surface area contributed by atoms with Crippen LogP contribution in [0.4, 0.5) is 0 Å². The van der Waals surface area contributed by atoms with E-state index in [1.54, 1.807) is 0 Å². The normalized spacial score (nSPS) is 17.7. The Labute approximate surface area is 150 Å². The molecule has 1 amide bonds. The van der Waals surface area contributed by atoms with E-state index in [-0.39, 0.29) is 24.4 Å². The number of benzene rings is 1. The third kappa shape index (κ3) is 3.76. The Morgan fingerprint density at radius 1 is 1.35 bits per heavy atom. The van der Waals surface area contributed by atoms with Crippen molar-refractivity contribution in [2.24, 2.45) is 0 Å². The van der Waals surface area contributed by atoms with Crippen molar-refractivity contribution in [1.29, 1.82) is 0 Å². The van der Waals surface area contributed by atoms with E-state index in [1.165, 1.54) is 0 Å². The second kappa shape index (κ2) is 7.47. The fraction of sp³-hybridized carbons (Fsp3) is 0.375. The van der Waals surface area contributed by atoms with Crippen LogP contribution in [0, 0.1) is 6.92 Å². The summed E-state index contributed by atoms with van der Waals surface area (Å²) in [6.07, 6.45) is 0. The Kier molecular flexibility index (Phi) is 5.84. The summed E-state index contributed by atoms with van der Waals surface area (Å²) in [4.78, 5) is 14.6. The molecule has 23 heavy (non-hydrogen) atoms. The summed E-state index contributed by atoms with van der Waals surface area (Å²) in [6.45, 7) is 6.42. The molecule has 1 aliphatic rings. The van der Waals surface area contributed by atoms with Gasteiger partial charge in [-0.3, -0.25) is 4.79 Å². The minimum absolute atomic E-state index is 0. The highest BCUT2D eigenvalue weighted by atomic mass is 79.9. The summed E-state index contributed by atoms with van der Waals surface area (Å²) in [5.41, 5.74) is 2.41. The topological polar surface area (TPSA) is 50.2 Å². The molecule has 0 radical (unpaired) electrons. The smallest absolute Gasteiger partial charge is 0.274 e. The molecule has 0 saturated carbocycles. The summed E-state index contributed by atoms with van der Waals surface area (Å²) in [5, 5.41) is 7.80. The molecule has 1 N–H and O–H groups in total. The van der Waals surface area contributed by atoms with E-state index >= 15 is 0 Å². The molecule has 3 rings (SSSR count). The van der Waals surface area contributed by atoms with Gasteiger partial charge in [-0.15, -0.1) is 12.4 Å². The molecular weight excluding hydrogens is 380 g/mol. The van der Waals surface area contributed by atoms with E-state index in [0.717, 1.165) is 35.5 Å². The number of carbonyl (C=O) groups is 1. The first-order chi connectivity index (χ1) is 10.6. The number of nitrogens with zero attached hydrogens (tertiary/aromatic N) is 3. The van der Waals surface area contributed by atoms with E-state index in [9.17, 15) is 4.79 Å². The van der Waals surface area contributed by atoms with E-state index in [1.807, 2.05) is 46.8 Å². The molecule has 7 heteroatoms. The average Bonchev–Trinajstić information content (AvgIpc) is 2.90. The Bertz CT molecular complexity index is 686. The van der Waals surface area contributed by atoms with Crippen molar-refractivity contribution in [3.8, 4) is 5.69 Å². The third-order valence-corrected chi connectivity index (χ3v) is 4.47. The molecule has 0 unspecified atom stereocenters. The average molecular weight is 400 g/mol. The van der Waals surface area contributed by atoms with Crippen LogP contribution in [0.2, 0.25) is 0 Å². The Morgan fingerprint density at radius 3 is 2.70 bits per heavy atom. The number of piperazine rings is 1. The number of carbonyl (C=O) groups excluding carboxylic acids is 1. The van der Waals surface area contributed by atoms with E-state index in [2.05, 4.69) is 33.3 Å². The SMILES string of the molecule is Cc1cc(C(=O)N2CCNC[C@H]2C)nn1-c1ccc(Br)cc1.Cl. The van der Waals surface area contributed by atoms with Crippen LogP contribution < -0.4 is 5.32 Å². The summed E-state index contributed by atoms with van der Waals surface area (Å²) in [6, 6.07) is 9.95. The van der Waals surface area contributed by atoms with Crippen LogP contribution in [-0.4, -0.2) is 46.3 Å². The molecular formula is C16H20BrClN4O. The van der Waals surface area contributed by atoms with Crippen molar-refractivity contribution < 1.29 is 4.79 Å². The van der Waals surface area contributed by atoms with Crippen molar-refractivity contribution in [2.75, 3.05) is 19.6 Å². The lowest BCUT2D eigenvalue weighted by Gasteiger charge is -2.33. The van der Waals surface area contributed by atoms with Crippen LogP contribution >= 0.6 is 28.3 Å². The van der Waals surface area contributed by atoms with Crippen LogP contribution in [0.1, 0.15) is 23.1 Å². The van der Waals surface area contributed by atoms with E-state index in [4.69, 9.17) is 0 Å². The molecule has 1 aromatic carbocycles. The number of halogens is 2. The summed E-state index contributed by atoms with van der Waals surface area (Å²) in [7, 11) is 0. The second-order valence-electron chi connectivity index (χ2n) is 5.61. The molecule has 1 aromatic heterocycles. The van der Waals surface area contributed by atoms with Gasteiger partial charge in [0.25, 0.3) is 5.91 Å². The van der Waals surface area contributed by atoms with Crippen LogP contribution in [0.15, 0.2) is 34.8 Å². The molecule has 1 atom stereocenters. The van der Waals surface area contributed by atoms with Gasteiger partial charge in [-0.2, -0.15) is 5.10 Å². The van der Waals surface area contributed by atoms with Crippen molar-refractivity contribution in [3.05, 3.63) is 46.2 Å². The number of hydrogen-bond acceptors (Lipinski definition) is 3. The summed E-state index contributed by atoms with van der Waals surface area (Å²) < 4.78 is 2.83. The van der Waals surface area contributed by atoms with Gasteiger partial charge in [0.1, 0.15) is 0 Å². The molecule has 0 aliphatic carbocycles. The number of aromatic nitrogens is 2. The standard InChI is InChI=1S/C16H19BrN4O.ClH/c1-11-9-15(16(22)20-8-7-18-10-12(20)2)19-21(11)14-5-3-13(17)4-6-14;/h3-6,9,12,18H,7-8,10H2,1-2H3;1H/t12-;/m1./s1. The quantitative estimate of drug-likeness (QED) is 0.845. The molecule has 1 saturated heterocycles.